The molecule has 2 atom stereocenters. The van der Waals surface area contributed by atoms with Crippen LogP contribution in [0, 0.1) is 0 Å². The van der Waals surface area contributed by atoms with Crippen molar-refractivity contribution in [2.75, 3.05) is 33.9 Å². The molecule has 2 unspecified atom stereocenters. The van der Waals surface area contributed by atoms with Crippen LogP contribution in [0.15, 0.2) is 30.3 Å². The highest BCUT2D eigenvalue weighted by atomic mass is 16.5. The van der Waals surface area contributed by atoms with Crippen LogP contribution in [0.5, 0.6) is 0 Å². The number of likely N-dealkylation sites (N-methyl/N-ethyl adjacent to an activating group) is 1. The van der Waals surface area contributed by atoms with Gasteiger partial charge in [-0.15, -0.1) is 0 Å². The number of rotatable bonds is 9. The van der Waals surface area contributed by atoms with Crippen LogP contribution in [0.25, 0.3) is 0 Å². The van der Waals surface area contributed by atoms with Crippen LogP contribution in [-0.2, 0) is 10.2 Å². The zero-order valence-electron chi connectivity index (χ0n) is 13.9. The van der Waals surface area contributed by atoms with Crippen LogP contribution in [0.2, 0.25) is 0 Å². The summed E-state index contributed by atoms with van der Waals surface area (Å²) < 4.78 is 5.30. The van der Waals surface area contributed by atoms with Crippen LogP contribution in [0.3, 0.4) is 0 Å². The van der Waals surface area contributed by atoms with Crippen LogP contribution in [0.1, 0.15) is 32.3 Å². The van der Waals surface area contributed by atoms with Crippen LogP contribution >= 0.6 is 0 Å². The molecular formula is C18H30N2O. The zero-order chi connectivity index (χ0) is 15.3. The summed E-state index contributed by atoms with van der Waals surface area (Å²) in [4.78, 5) is 2.41. The molecule has 1 N–H and O–H groups in total. The predicted octanol–water partition coefficient (Wildman–Crippen LogP) is 2.66. The average molecular weight is 290 g/mol. The molecule has 1 saturated carbocycles. The lowest BCUT2D eigenvalue weighted by Crippen LogP contribution is -2.48. The van der Waals surface area contributed by atoms with Gasteiger partial charge in [-0.25, -0.2) is 0 Å². The SMILES string of the molecule is COCC(C)N(C)CC(C)(CNC1CC1)c1ccccc1. The first-order chi connectivity index (χ1) is 10.0. The smallest absolute Gasteiger partial charge is 0.0615 e. The highest BCUT2D eigenvalue weighted by Gasteiger charge is 2.32. The summed E-state index contributed by atoms with van der Waals surface area (Å²) in [5.74, 6) is 0. The molecule has 0 aromatic heterocycles. The number of nitrogens with one attached hydrogen (secondary N) is 1. The molecule has 21 heavy (non-hydrogen) atoms. The molecule has 1 aromatic carbocycles. The number of hydrogen-bond acceptors (Lipinski definition) is 3. The first-order valence-corrected chi connectivity index (χ1v) is 8.03. The van der Waals surface area contributed by atoms with Gasteiger partial charge >= 0.3 is 0 Å². The summed E-state index contributed by atoms with van der Waals surface area (Å²) in [5.41, 5.74) is 1.54. The van der Waals surface area contributed by atoms with Gasteiger partial charge in [0.2, 0.25) is 0 Å². The van der Waals surface area contributed by atoms with Crippen molar-refractivity contribution in [3.05, 3.63) is 35.9 Å². The summed E-state index contributed by atoms with van der Waals surface area (Å²) in [6.07, 6.45) is 2.67. The fourth-order valence-corrected chi connectivity index (χ4v) is 2.82. The third kappa shape index (κ3) is 4.80. The lowest BCUT2D eigenvalue weighted by Gasteiger charge is -2.37. The molecule has 0 heterocycles. The fourth-order valence-electron chi connectivity index (χ4n) is 2.82. The molecule has 118 valence electrons. The first kappa shape index (κ1) is 16.5. The molecule has 0 saturated heterocycles. The Bertz CT molecular complexity index is 418. The monoisotopic (exact) mass is 290 g/mol. The normalized spacial score (nSPS) is 19.5. The van der Waals surface area contributed by atoms with Gasteiger partial charge in [-0.2, -0.15) is 0 Å². The van der Waals surface area contributed by atoms with Crippen molar-refractivity contribution in [1.82, 2.24) is 10.2 Å². The largest absolute Gasteiger partial charge is 0.383 e. The van der Waals surface area contributed by atoms with E-state index in [1.807, 2.05) is 0 Å². The summed E-state index contributed by atoms with van der Waals surface area (Å²) >= 11 is 0. The van der Waals surface area contributed by atoms with E-state index in [-0.39, 0.29) is 5.41 Å². The van der Waals surface area contributed by atoms with Gasteiger partial charge in [0, 0.05) is 37.7 Å². The van der Waals surface area contributed by atoms with Crippen molar-refractivity contribution in [3.8, 4) is 0 Å². The Morgan fingerprint density at radius 2 is 2.00 bits per heavy atom. The van der Waals surface area contributed by atoms with Gasteiger partial charge in [-0.1, -0.05) is 37.3 Å². The van der Waals surface area contributed by atoms with Crippen LogP contribution < -0.4 is 5.32 Å². The maximum absolute atomic E-state index is 5.30. The van der Waals surface area contributed by atoms with E-state index in [4.69, 9.17) is 4.74 Å². The third-order valence-electron chi connectivity index (χ3n) is 4.59. The number of nitrogens with zero attached hydrogens (tertiary/aromatic N) is 1. The van der Waals surface area contributed by atoms with Crippen molar-refractivity contribution in [3.63, 3.8) is 0 Å². The van der Waals surface area contributed by atoms with Crippen molar-refractivity contribution >= 4 is 0 Å². The molecule has 0 spiro atoms. The molecule has 1 aliphatic carbocycles. The van der Waals surface area contributed by atoms with Gasteiger partial charge in [-0.3, -0.25) is 0 Å². The van der Waals surface area contributed by atoms with Gasteiger partial charge in [0.25, 0.3) is 0 Å². The minimum atomic E-state index is 0.126. The van der Waals surface area contributed by atoms with Crippen molar-refractivity contribution in [2.45, 2.75) is 44.2 Å². The second-order valence-electron chi connectivity index (χ2n) is 6.80. The van der Waals surface area contributed by atoms with E-state index in [1.54, 1.807) is 7.11 Å². The van der Waals surface area contributed by atoms with E-state index in [0.717, 1.165) is 25.7 Å². The Kier molecular flexibility index (Phi) is 5.80. The fraction of sp³-hybridized carbons (Fsp3) is 0.667. The maximum atomic E-state index is 5.30. The van der Waals surface area contributed by atoms with Gasteiger partial charge in [0.05, 0.1) is 6.61 Å². The molecule has 0 aliphatic heterocycles. The minimum absolute atomic E-state index is 0.126. The van der Waals surface area contributed by atoms with E-state index in [0.29, 0.717) is 6.04 Å². The molecular weight excluding hydrogens is 260 g/mol. The summed E-state index contributed by atoms with van der Waals surface area (Å²) in [6.45, 7) is 7.43. The second-order valence-corrected chi connectivity index (χ2v) is 6.80. The molecule has 0 radical (unpaired) electrons. The summed E-state index contributed by atoms with van der Waals surface area (Å²) in [5, 5.41) is 3.71. The van der Waals surface area contributed by atoms with Crippen LogP contribution in [0.4, 0.5) is 0 Å². The van der Waals surface area contributed by atoms with Gasteiger partial charge in [0.15, 0.2) is 0 Å². The standard InChI is InChI=1S/C18H30N2O/c1-15(12-21-4)20(3)14-18(2,13-19-17-10-11-17)16-8-6-5-7-9-16/h5-9,15,17,19H,10-14H2,1-4H3. The zero-order valence-corrected chi connectivity index (χ0v) is 13.9. The predicted molar refractivity (Wildman–Crippen MR) is 88.8 cm³/mol. The lowest BCUT2D eigenvalue weighted by molar-refractivity contribution is 0.101. The van der Waals surface area contributed by atoms with E-state index in [1.165, 1.54) is 18.4 Å². The number of methoxy groups -OCH3 is 1. The molecule has 1 aromatic rings. The van der Waals surface area contributed by atoms with E-state index < -0.39 is 0 Å². The van der Waals surface area contributed by atoms with Crippen LogP contribution in [-0.4, -0.2) is 50.8 Å². The Labute approximate surface area is 129 Å². The molecule has 3 nitrogen and oxygen atoms in total. The van der Waals surface area contributed by atoms with Gasteiger partial charge < -0.3 is 15.0 Å². The number of hydrogen-bond donors (Lipinski definition) is 1. The maximum Gasteiger partial charge on any atom is 0.0615 e. The first-order valence-electron chi connectivity index (χ1n) is 8.03. The Hall–Kier alpha value is -0.900. The Balaban J connectivity index is 2.07. The second kappa shape index (κ2) is 7.39. The quantitative estimate of drug-likeness (QED) is 0.757. The van der Waals surface area contributed by atoms with Crippen molar-refractivity contribution in [1.29, 1.82) is 0 Å². The highest BCUT2D eigenvalue weighted by Crippen LogP contribution is 2.27. The van der Waals surface area contributed by atoms with Crippen molar-refractivity contribution in [2.24, 2.45) is 0 Å². The highest BCUT2D eigenvalue weighted by molar-refractivity contribution is 5.26. The molecule has 0 amide bonds. The minimum Gasteiger partial charge on any atom is -0.383 e. The topological polar surface area (TPSA) is 24.5 Å². The third-order valence-corrected chi connectivity index (χ3v) is 4.59. The number of benzene rings is 1. The summed E-state index contributed by atoms with van der Waals surface area (Å²) in [7, 11) is 3.97. The number of ether oxygens (including phenoxy) is 1. The molecule has 0 bridgehead atoms. The Morgan fingerprint density at radius 1 is 1.33 bits per heavy atom. The van der Waals surface area contributed by atoms with E-state index >= 15 is 0 Å². The molecule has 1 aliphatic rings. The molecule has 1 fully saturated rings. The van der Waals surface area contributed by atoms with E-state index in [9.17, 15) is 0 Å². The van der Waals surface area contributed by atoms with Gasteiger partial charge in [0.1, 0.15) is 0 Å². The lowest BCUT2D eigenvalue weighted by atomic mass is 9.81. The summed E-state index contributed by atoms with van der Waals surface area (Å²) in [6, 6.07) is 12.1. The Morgan fingerprint density at radius 3 is 2.57 bits per heavy atom. The van der Waals surface area contributed by atoms with E-state index in [2.05, 4.69) is 61.4 Å². The molecule has 3 heteroatoms. The van der Waals surface area contributed by atoms with Crippen molar-refractivity contribution < 1.29 is 4.74 Å². The van der Waals surface area contributed by atoms with Gasteiger partial charge in [-0.05, 0) is 32.4 Å². The molecule has 2 rings (SSSR count). The average Bonchev–Trinajstić information content (AvgIpc) is 3.30.